The highest BCUT2D eigenvalue weighted by molar-refractivity contribution is 5.67. The van der Waals surface area contributed by atoms with Crippen molar-refractivity contribution < 1.29 is 24.1 Å². The number of rotatable bonds is 5. The number of carbonyl (C=O) groups excluding carboxylic acids is 1. The van der Waals surface area contributed by atoms with Crippen LogP contribution in [0, 0.1) is 5.82 Å². The molecule has 2 unspecified atom stereocenters. The zero-order valence-corrected chi connectivity index (χ0v) is 14.3. The molecule has 1 heterocycles. The van der Waals surface area contributed by atoms with Crippen LogP contribution >= 0.6 is 0 Å². The second-order valence-electron chi connectivity index (χ2n) is 6.59. The third-order valence-corrected chi connectivity index (χ3v) is 3.25. The minimum absolute atomic E-state index is 0.183. The van der Waals surface area contributed by atoms with Crippen LogP contribution < -0.4 is 5.32 Å². The molecule has 0 aliphatic rings. The van der Waals surface area contributed by atoms with Gasteiger partial charge in [0.15, 0.2) is 0 Å². The minimum atomic E-state index is -1.25. The topological polar surface area (TPSA) is 96.6 Å². The summed E-state index contributed by atoms with van der Waals surface area (Å²) < 4.78 is 19.5. The number of aliphatic hydroxyl groups is 2. The van der Waals surface area contributed by atoms with Crippen LogP contribution in [0.1, 0.15) is 32.4 Å². The van der Waals surface area contributed by atoms with Crippen LogP contribution in [-0.2, 0) is 4.74 Å². The van der Waals surface area contributed by atoms with E-state index in [1.165, 1.54) is 29.2 Å². The predicted octanol–water partition coefficient (Wildman–Crippen LogP) is 1.93. The van der Waals surface area contributed by atoms with Crippen molar-refractivity contribution in [3.8, 4) is 5.69 Å². The zero-order valence-electron chi connectivity index (χ0n) is 14.3. The molecule has 1 aromatic carbocycles. The number of aromatic nitrogens is 2. The number of carbonyl (C=O) groups is 1. The van der Waals surface area contributed by atoms with Gasteiger partial charge in [-0.2, -0.15) is 5.10 Å². The van der Waals surface area contributed by atoms with Crippen molar-refractivity contribution in [1.82, 2.24) is 15.1 Å². The second-order valence-corrected chi connectivity index (χ2v) is 6.59. The standard InChI is InChI=1S/C17H22FN3O4/c1-17(2,3)25-16(24)19-9-14(22)15(23)11-8-20-21(10-11)13-6-4-12(18)5-7-13/h4-8,10,14-15,22-23H,9H2,1-3H3,(H,19,24). The number of hydrogen-bond donors (Lipinski definition) is 3. The highest BCUT2D eigenvalue weighted by Gasteiger charge is 2.22. The third kappa shape index (κ3) is 5.54. The summed E-state index contributed by atoms with van der Waals surface area (Å²) in [6.45, 7) is 4.99. The molecule has 2 atom stereocenters. The van der Waals surface area contributed by atoms with Crippen LogP contribution in [0.3, 0.4) is 0 Å². The van der Waals surface area contributed by atoms with Crippen molar-refractivity contribution in [2.24, 2.45) is 0 Å². The molecule has 2 aromatic rings. The molecule has 0 aliphatic carbocycles. The quantitative estimate of drug-likeness (QED) is 0.765. The third-order valence-electron chi connectivity index (χ3n) is 3.25. The Labute approximate surface area is 145 Å². The molecule has 0 radical (unpaired) electrons. The fraction of sp³-hybridized carbons (Fsp3) is 0.412. The molecule has 0 saturated heterocycles. The molecule has 1 amide bonds. The molecule has 7 nitrogen and oxygen atoms in total. The molecule has 0 fully saturated rings. The molecular formula is C17H22FN3O4. The largest absolute Gasteiger partial charge is 0.444 e. The lowest BCUT2D eigenvalue weighted by atomic mass is 10.1. The van der Waals surface area contributed by atoms with Crippen molar-refractivity contribution in [2.45, 2.75) is 38.6 Å². The number of amides is 1. The first-order valence-electron chi connectivity index (χ1n) is 7.79. The van der Waals surface area contributed by atoms with E-state index in [2.05, 4.69) is 10.4 Å². The van der Waals surface area contributed by atoms with Crippen molar-refractivity contribution in [3.63, 3.8) is 0 Å². The minimum Gasteiger partial charge on any atom is -0.444 e. The average molecular weight is 351 g/mol. The van der Waals surface area contributed by atoms with Gasteiger partial charge in [0.05, 0.1) is 11.9 Å². The lowest BCUT2D eigenvalue weighted by Gasteiger charge is -2.21. The van der Waals surface area contributed by atoms with Gasteiger partial charge in [0.1, 0.15) is 23.6 Å². The van der Waals surface area contributed by atoms with Crippen LogP contribution in [0.5, 0.6) is 0 Å². The molecule has 8 heteroatoms. The van der Waals surface area contributed by atoms with Gasteiger partial charge >= 0.3 is 6.09 Å². The number of hydrogen-bond acceptors (Lipinski definition) is 5. The van der Waals surface area contributed by atoms with E-state index in [-0.39, 0.29) is 12.4 Å². The molecule has 0 saturated carbocycles. The lowest BCUT2D eigenvalue weighted by Crippen LogP contribution is -2.38. The summed E-state index contributed by atoms with van der Waals surface area (Å²) in [5, 5.41) is 26.7. The Balaban J connectivity index is 1.95. The molecule has 25 heavy (non-hydrogen) atoms. The molecule has 1 aromatic heterocycles. The maximum Gasteiger partial charge on any atom is 0.407 e. The van der Waals surface area contributed by atoms with E-state index in [0.29, 0.717) is 11.3 Å². The monoisotopic (exact) mass is 351 g/mol. The highest BCUT2D eigenvalue weighted by Crippen LogP contribution is 2.18. The number of halogens is 1. The highest BCUT2D eigenvalue weighted by atomic mass is 19.1. The van der Waals surface area contributed by atoms with Gasteiger partial charge < -0.3 is 20.3 Å². The second kappa shape index (κ2) is 7.62. The van der Waals surface area contributed by atoms with Gasteiger partial charge in [-0.15, -0.1) is 0 Å². The summed E-state index contributed by atoms with van der Waals surface area (Å²) in [5.74, 6) is -0.361. The molecule has 0 bridgehead atoms. The molecule has 2 rings (SSSR count). The first-order valence-corrected chi connectivity index (χ1v) is 7.79. The van der Waals surface area contributed by atoms with E-state index in [0.717, 1.165) is 0 Å². The Hall–Kier alpha value is -2.45. The van der Waals surface area contributed by atoms with Gasteiger partial charge in [-0.25, -0.2) is 13.9 Å². The molecular weight excluding hydrogens is 329 g/mol. The maximum atomic E-state index is 12.9. The molecule has 3 N–H and O–H groups in total. The predicted molar refractivity (Wildman–Crippen MR) is 88.7 cm³/mol. The first-order chi connectivity index (χ1) is 11.7. The van der Waals surface area contributed by atoms with Gasteiger partial charge in [-0.05, 0) is 45.0 Å². The Morgan fingerprint density at radius 1 is 1.32 bits per heavy atom. The number of nitrogens with one attached hydrogen (secondary N) is 1. The normalized spacial score (nSPS) is 14.0. The number of ether oxygens (including phenoxy) is 1. The Morgan fingerprint density at radius 2 is 1.96 bits per heavy atom. The van der Waals surface area contributed by atoms with Crippen LogP contribution in [-0.4, -0.2) is 44.3 Å². The number of aliphatic hydroxyl groups excluding tert-OH is 2. The van der Waals surface area contributed by atoms with Gasteiger partial charge in [0.25, 0.3) is 0 Å². The Bertz CT molecular complexity index is 709. The van der Waals surface area contributed by atoms with Gasteiger partial charge in [0.2, 0.25) is 0 Å². The maximum absolute atomic E-state index is 12.9. The van der Waals surface area contributed by atoms with Gasteiger partial charge in [-0.3, -0.25) is 0 Å². The van der Waals surface area contributed by atoms with E-state index in [4.69, 9.17) is 4.74 Å². The van der Waals surface area contributed by atoms with Crippen molar-refractivity contribution in [3.05, 3.63) is 48.0 Å². The van der Waals surface area contributed by atoms with Gasteiger partial charge in [-0.1, -0.05) is 0 Å². The Morgan fingerprint density at radius 3 is 2.56 bits per heavy atom. The van der Waals surface area contributed by atoms with Gasteiger partial charge in [0, 0.05) is 18.3 Å². The SMILES string of the molecule is CC(C)(C)OC(=O)NCC(O)C(O)c1cnn(-c2ccc(F)cc2)c1. The summed E-state index contributed by atoms with van der Waals surface area (Å²) in [6.07, 6.45) is -0.248. The zero-order chi connectivity index (χ0) is 18.6. The van der Waals surface area contributed by atoms with E-state index in [9.17, 15) is 19.4 Å². The summed E-state index contributed by atoms with van der Waals surface area (Å²) in [6, 6.07) is 5.68. The Kier molecular flexibility index (Phi) is 5.76. The average Bonchev–Trinajstić information content (AvgIpc) is 3.00. The summed E-state index contributed by atoms with van der Waals surface area (Å²) in [7, 11) is 0. The van der Waals surface area contributed by atoms with Crippen LogP contribution in [0.2, 0.25) is 0 Å². The molecule has 0 aliphatic heterocycles. The smallest absolute Gasteiger partial charge is 0.407 e. The fourth-order valence-corrected chi connectivity index (χ4v) is 2.06. The number of alkyl carbamates (subject to hydrolysis) is 1. The van der Waals surface area contributed by atoms with Crippen LogP contribution in [0.25, 0.3) is 5.69 Å². The summed E-state index contributed by atoms with van der Waals surface area (Å²) in [5.41, 5.74) is 0.327. The van der Waals surface area contributed by atoms with Crippen molar-refractivity contribution in [1.29, 1.82) is 0 Å². The summed E-state index contributed by atoms with van der Waals surface area (Å²) >= 11 is 0. The van der Waals surface area contributed by atoms with E-state index in [1.807, 2.05) is 0 Å². The summed E-state index contributed by atoms with van der Waals surface area (Å²) in [4.78, 5) is 11.6. The first kappa shape index (κ1) is 18.9. The molecule has 136 valence electrons. The molecule has 0 spiro atoms. The van der Waals surface area contributed by atoms with Crippen molar-refractivity contribution >= 4 is 6.09 Å². The number of nitrogens with zero attached hydrogens (tertiary/aromatic N) is 2. The van der Waals surface area contributed by atoms with Crippen LogP contribution in [0.15, 0.2) is 36.7 Å². The fourth-order valence-electron chi connectivity index (χ4n) is 2.06. The van der Waals surface area contributed by atoms with E-state index < -0.39 is 23.9 Å². The van der Waals surface area contributed by atoms with Crippen LogP contribution in [0.4, 0.5) is 9.18 Å². The van der Waals surface area contributed by atoms with Crippen molar-refractivity contribution in [2.75, 3.05) is 6.54 Å². The number of benzene rings is 1. The lowest BCUT2D eigenvalue weighted by molar-refractivity contribution is 0.0129. The van der Waals surface area contributed by atoms with E-state index >= 15 is 0 Å². The van der Waals surface area contributed by atoms with E-state index in [1.54, 1.807) is 32.9 Å².